The van der Waals surface area contributed by atoms with Crippen LogP contribution >= 0.6 is 0 Å². The van der Waals surface area contributed by atoms with Crippen LogP contribution in [0, 0.1) is 0 Å². The number of unbranched alkanes of at least 4 members (excludes halogenated alkanes) is 4. The Morgan fingerprint density at radius 2 is 0.818 bits per heavy atom. The summed E-state index contributed by atoms with van der Waals surface area (Å²) in [6.45, 7) is 13.4. The molecule has 0 aromatic rings. The third-order valence-electron chi connectivity index (χ3n) is 3.21. The molecule has 0 atom stereocenters. The molecule has 0 rings (SSSR count). The van der Waals surface area contributed by atoms with Crippen LogP contribution in [0.4, 0.5) is 0 Å². The number of esters is 2. The van der Waals surface area contributed by atoms with Crippen LogP contribution in [-0.2, 0) is 28.7 Å². The van der Waals surface area contributed by atoms with Crippen molar-refractivity contribution in [3.63, 3.8) is 0 Å². The molecule has 0 heterocycles. The van der Waals surface area contributed by atoms with Crippen LogP contribution in [0.2, 0.25) is 0 Å². The number of rotatable bonds is 12. The van der Waals surface area contributed by atoms with Crippen molar-refractivity contribution in [2.24, 2.45) is 0 Å². The molecule has 192 valence electrons. The zero-order valence-electron chi connectivity index (χ0n) is 21.2. The fourth-order valence-corrected chi connectivity index (χ4v) is 1.01. The monoisotopic (exact) mass is 580 g/mol. The predicted molar refractivity (Wildman–Crippen MR) is 132 cm³/mol. The van der Waals surface area contributed by atoms with Gasteiger partial charge in [0, 0.05) is 48.2 Å². The summed E-state index contributed by atoms with van der Waals surface area (Å²) in [6.07, 6.45) is 12.1. The van der Waals surface area contributed by atoms with Crippen molar-refractivity contribution in [1.82, 2.24) is 0 Å². The van der Waals surface area contributed by atoms with E-state index < -0.39 is 23.9 Å². The van der Waals surface area contributed by atoms with Gasteiger partial charge in [0.15, 0.2) is 0 Å². The maximum absolute atomic E-state index is 10.6. The van der Waals surface area contributed by atoms with E-state index in [1.807, 2.05) is 13.8 Å². The van der Waals surface area contributed by atoms with Gasteiger partial charge >= 0.3 is 23.9 Å². The van der Waals surface area contributed by atoms with Gasteiger partial charge in [-0.3, -0.25) is 0 Å². The third-order valence-corrected chi connectivity index (χ3v) is 3.21. The smallest absolute Gasteiger partial charge is 0.331 e. The van der Waals surface area contributed by atoms with Crippen LogP contribution in [0.1, 0.15) is 92.9 Å². The second kappa shape index (κ2) is 37.5. The van der Waals surface area contributed by atoms with E-state index in [2.05, 4.69) is 37.2 Å². The van der Waals surface area contributed by atoms with Crippen LogP contribution in [0.5, 0.6) is 0 Å². The summed E-state index contributed by atoms with van der Waals surface area (Å²) in [5.41, 5.74) is 0. The Hall–Kier alpha value is -1.84. The SMILES string of the molecule is CCCC.CCCC.CCCCOC(=O)/C=C\C(=O)O.CCCCOC(=O)/C=C\C(=O)O.[Sn]. The number of ether oxygens (including phenoxy) is 2. The first-order valence-corrected chi connectivity index (χ1v) is 11.3. The van der Waals surface area contributed by atoms with E-state index in [0.717, 1.165) is 50.0 Å². The van der Waals surface area contributed by atoms with E-state index >= 15 is 0 Å². The average Bonchev–Trinajstić information content (AvgIpc) is 2.77. The predicted octanol–water partition coefficient (Wildman–Crippen LogP) is 5.17. The van der Waals surface area contributed by atoms with Crippen LogP contribution in [0.15, 0.2) is 24.3 Å². The standard InChI is InChI=1S/2C8H12O4.2C4H10.Sn/c2*1-2-3-6-12-8(11)5-4-7(9)10;2*1-3-4-2;/h2*4-5H,2-3,6H2,1H3,(H,9,10);2*3-4H2,1-2H3;/b2*5-4-;;;. The number of aliphatic carboxylic acids is 2. The summed E-state index contributed by atoms with van der Waals surface area (Å²) in [6, 6.07) is 0. The van der Waals surface area contributed by atoms with Crippen molar-refractivity contribution in [1.29, 1.82) is 0 Å². The second-order valence-corrected chi connectivity index (χ2v) is 6.39. The van der Waals surface area contributed by atoms with Crippen LogP contribution in [0.3, 0.4) is 0 Å². The van der Waals surface area contributed by atoms with E-state index in [1.165, 1.54) is 25.7 Å². The summed E-state index contributed by atoms with van der Waals surface area (Å²) in [5.74, 6) is -3.51. The number of carbonyl (C=O) groups excluding carboxylic acids is 2. The molecule has 0 saturated carbocycles. The third kappa shape index (κ3) is 58.8. The molecule has 0 aromatic carbocycles. The molecule has 0 spiro atoms. The molecule has 0 aliphatic rings. The Labute approximate surface area is 216 Å². The van der Waals surface area contributed by atoms with Gasteiger partial charge in [-0.15, -0.1) is 0 Å². The van der Waals surface area contributed by atoms with Crippen LogP contribution < -0.4 is 0 Å². The molecular formula is C24H44O8Sn. The summed E-state index contributed by atoms with van der Waals surface area (Å²) in [5, 5.41) is 16.3. The van der Waals surface area contributed by atoms with Gasteiger partial charge in [-0.25, -0.2) is 19.2 Å². The summed E-state index contributed by atoms with van der Waals surface area (Å²) in [4.78, 5) is 41.2. The second-order valence-electron chi connectivity index (χ2n) is 6.39. The molecule has 4 radical (unpaired) electrons. The minimum atomic E-state index is -1.15. The molecule has 33 heavy (non-hydrogen) atoms. The van der Waals surface area contributed by atoms with E-state index in [1.54, 1.807) is 0 Å². The van der Waals surface area contributed by atoms with Gasteiger partial charge in [0.25, 0.3) is 0 Å². The molecule has 0 amide bonds. The van der Waals surface area contributed by atoms with Gasteiger partial charge < -0.3 is 19.7 Å². The molecule has 9 heteroatoms. The van der Waals surface area contributed by atoms with Crippen molar-refractivity contribution in [2.45, 2.75) is 92.9 Å². The summed E-state index contributed by atoms with van der Waals surface area (Å²) in [7, 11) is 0. The number of hydrogen-bond donors (Lipinski definition) is 2. The normalized spacial score (nSPS) is 9.15. The fraction of sp³-hybridized carbons (Fsp3) is 0.667. The van der Waals surface area contributed by atoms with E-state index in [-0.39, 0.29) is 23.9 Å². The minimum absolute atomic E-state index is 0. The van der Waals surface area contributed by atoms with Crippen molar-refractivity contribution >= 4 is 47.8 Å². The fourth-order valence-electron chi connectivity index (χ4n) is 1.01. The number of hydrogen-bond acceptors (Lipinski definition) is 6. The Morgan fingerprint density at radius 1 is 0.545 bits per heavy atom. The molecule has 0 aromatic heterocycles. The van der Waals surface area contributed by atoms with Gasteiger partial charge in [-0.1, -0.05) is 80.1 Å². The van der Waals surface area contributed by atoms with E-state index in [0.29, 0.717) is 13.2 Å². The van der Waals surface area contributed by atoms with Crippen molar-refractivity contribution < 1.29 is 38.9 Å². The minimum Gasteiger partial charge on any atom is -0.478 e. The average molecular weight is 579 g/mol. The van der Waals surface area contributed by atoms with Crippen molar-refractivity contribution in [2.75, 3.05) is 13.2 Å². The number of carboxylic acids is 2. The van der Waals surface area contributed by atoms with Crippen LogP contribution in [0.25, 0.3) is 0 Å². The van der Waals surface area contributed by atoms with E-state index in [4.69, 9.17) is 10.2 Å². The molecule has 2 N–H and O–H groups in total. The van der Waals surface area contributed by atoms with E-state index in [9.17, 15) is 19.2 Å². The Kier molecular flexibility index (Phi) is 47.0. The first-order valence-electron chi connectivity index (χ1n) is 11.3. The zero-order valence-corrected chi connectivity index (χ0v) is 24.1. The van der Waals surface area contributed by atoms with Crippen molar-refractivity contribution in [3.05, 3.63) is 24.3 Å². The Bertz CT molecular complexity index is 467. The maximum atomic E-state index is 10.6. The molecule has 0 saturated heterocycles. The quantitative estimate of drug-likeness (QED) is 0.140. The molecular weight excluding hydrogens is 535 g/mol. The molecule has 0 bridgehead atoms. The van der Waals surface area contributed by atoms with Gasteiger partial charge in [-0.05, 0) is 12.8 Å². The number of carbonyl (C=O) groups is 4. The van der Waals surface area contributed by atoms with Gasteiger partial charge in [0.1, 0.15) is 0 Å². The zero-order chi connectivity index (χ0) is 25.6. The molecule has 0 fully saturated rings. The molecule has 0 aliphatic heterocycles. The van der Waals surface area contributed by atoms with Crippen LogP contribution in [-0.4, -0.2) is 71.2 Å². The van der Waals surface area contributed by atoms with Gasteiger partial charge in [-0.2, -0.15) is 0 Å². The van der Waals surface area contributed by atoms with Gasteiger partial charge in [0.2, 0.25) is 0 Å². The molecule has 0 unspecified atom stereocenters. The first kappa shape index (κ1) is 41.4. The Balaban J connectivity index is -0.000000117. The largest absolute Gasteiger partial charge is 0.478 e. The maximum Gasteiger partial charge on any atom is 0.331 e. The van der Waals surface area contributed by atoms with Crippen molar-refractivity contribution in [3.8, 4) is 0 Å². The summed E-state index contributed by atoms with van der Waals surface area (Å²) >= 11 is 0. The summed E-state index contributed by atoms with van der Waals surface area (Å²) < 4.78 is 9.29. The Morgan fingerprint density at radius 3 is 1.00 bits per heavy atom. The topological polar surface area (TPSA) is 127 Å². The molecule has 8 nitrogen and oxygen atoms in total. The molecule has 0 aliphatic carbocycles. The number of carboxylic acid groups (broad SMARTS) is 2. The van der Waals surface area contributed by atoms with Gasteiger partial charge in [0.05, 0.1) is 13.2 Å². The first-order chi connectivity index (χ1) is 15.2.